The fraction of sp³-hybridized carbons (Fsp3) is 0.789. The minimum Gasteiger partial charge on any atom is -0.453 e. The Kier molecular flexibility index (Phi) is 4.73. The van der Waals surface area contributed by atoms with Crippen LogP contribution in [0.1, 0.15) is 65.2 Å². The summed E-state index contributed by atoms with van der Waals surface area (Å²) in [5.41, 5.74) is -2.20. The van der Waals surface area contributed by atoms with Crippen LogP contribution in [0.5, 0.6) is 0 Å². The first kappa shape index (κ1) is 17.5. The number of unbranched alkanes of at least 4 members (excludes halogenated alkanes) is 3. The Morgan fingerprint density at radius 2 is 2.17 bits per heavy atom. The van der Waals surface area contributed by atoms with Crippen molar-refractivity contribution in [3.63, 3.8) is 0 Å². The average molecular weight is 335 g/mol. The van der Waals surface area contributed by atoms with E-state index in [1.807, 2.05) is 19.1 Å². The number of rotatable bonds is 7. The number of nitrogens with one attached hydrogen (secondary N) is 1. The van der Waals surface area contributed by atoms with Crippen molar-refractivity contribution in [3.05, 3.63) is 12.2 Å². The number of carbonyl (C=O) groups excluding carboxylic acids is 2. The van der Waals surface area contributed by atoms with Gasteiger partial charge in [0, 0.05) is 5.92 Å². The van der Waals surface area contributed by atoms with Crippen LogP contribution in [0.25, 0.3) is 0 Å². The van der Waals surface area contributed by atoms with Gasteiger partial charge >= 0.3 is 5.97 Å². The van der Waals surface area contributed by atoms with Crippen LogP contribution < -0.4 is 5.32 Å². The van der Waals surface area contributed by atoms with E-state index in [9.17, 15) is 14.7 Å². The van der Waals surface area contributed by atoms with Gasteiger partial charge in [-0.1, -0.05) is 44.8 Å². The number of aliphatic hydroxyl groups excluding tert-OH is 1. The highest BCUT2D eigenvalue weighted by Crippen LogP contribution is 2.53. The van der Waals surface area contributed by atoms with Crippen molar-refractivity contribution in [3.8, 4) is 0 Å². The minimum atomic E-state index is -1.27. The molecule has 0 aromatic rings. The Morgan fingerprint density at radius 1 is 1.38 bits per heavy atom. The van der Waals surface area contributed by atoms with Gasteiger partial charge in [-0.25, -0.2) is 4.79 Å². The van der Waals surface area contributed by atoms with Crippen molar-refractivity contribution in [2.75, 3.05) is 0 Å². The van der Waals surface area contributed by atoms with Crippen molar-refractivity contribution < 1.29 is 19.4 Å². The molecule has 0 aromatic heterocycles. The summed E-state index contributed by atoms with van der Waals surface area (Å²) in [5.74, 6) is -1.11. The Balaban J connectivity index is 1.79. The lowest BCUT2D eigenvalue weighted by Gasteiger charge is -2.54. The standard InChI is InChI=1S/C19H29NO4/c1-3-4-5-9-12-14-16(22)20-19(17(23)24-18(14,19)2)15(21)13-10-7-6-8-11-13/h7,10,13-15,21H,3-6,8-9,11-12H2,1-2H3,(H,20,22)/t13-,14+,15+,18+,19+/m1/s1. The summed E-state index contributed by atoms with van der Waals surface area (Å²) in [4.78, 5) is 24.9. The van der Waals surface area contributed by atoms with Gasteiger partial charge in [0.15, 0.2) is 5.60 Å². The first-order chi connectivity index (χ1) is 11.5. The molecular formula is C19H29NO4. The summed E-state index contributed by atoms with van der Waals surface area (Å²) < 4.78 is 5.50. The predicted octanol–water partition coefficient (Wildman–Crippen LogP) is 2.47. The summed E-state index contributed by atoms with van der Waals surface area (Å²) in [6.07, 6.45) is 10.9. The normalized spacial score (nSPS) is 39.0. The number of hydrogen-bond acceptors (Lipinski definition) is 4. The molecule has 0 radical (unpaired) electrons. The summed E-state index contributed by atoms with van der Waals surface area (Å²) in [5, 5.41) is 13.8. The number of hydrogen-bond donors (Lipinski definition) is 2. The van der Waals surface area contributed by atoms with Gasteiger partial charge in [0.2, 0.25) is 11.4 Å². The SMILES string of the molecule is CCCCCC[C@H]1C(=O)N[C@@]2([C@@H](O)[C@@H]3C=CCCC3)C(=O)O[C@@]12C. The van der Waals surface area contributed by atoms with Gasteiger partial charge in [0.05, 0.1) is 12.0 Å². The van der Waals surface area contributed by atoms with Crippen molar-refractivity contribution in [2.24, 2.45) is 11.8 Å². The number of allylic oxidation sites excluding steroid dienone is 1. The van der Waals surface area contributed by atoms with Crippen LogP contribution in [-0.2, 0) is 14.3 Å². The third-order valence-corrected chi connectivity index (χ3v) is 6.20. The topological polar surface area (TPSA) is 75.6 Å². The molecule has 0 aromatic carbocycles. The largest absolute Gasteiger partial charge is 0.453 e. The predicted molar refractivity (Wildman–Crippen MR) is 90.1 cm³/mol. The number of carbonyl (C=O) groups is 2. The quantitative estimate of drug-likeness (QED) is 0.426. The van der Waals surface area contributed by atoms with E-state index in [-0.39, 0.29) is 17.7 Å². The van der Waals surface area contributed by atoms with E-state index in [1.165, 1.54) is 0 Å². The number of ether oxygens (including phenoxy) is 1. The molecule has 2 fully saturated rings. The monoisotopic (exact) mass is 335 g/mol. The van der Waals surface area contributed by atoms with E-state index in [0.717, 1.165) is 44.9 Å². The summed E-state index contributed by atoms with van der Waals surface area (Å²) in [6, 6.07) is 0. The molecule has 134 valence electrons. The average Bonchev–Trinajstić information content (AvgIpc) is 2.76. The van der Waals surface area contributed by atoms with Crippen molar-refractivity contribution in [2.45, 2.75) is 82.5 Å². The third kappa shape index (κ3) is 2.40. The fourth-order valence-corrected chi connectivity index (χ4v) is 4.66. The second kappa shape index (κ2) is 6.51. The lowest BCUT2D eigenvalue weighted by atomic mass is 9.64. The number of esters is 1. The lowest BCUT2D eigenvalue weighted by molar-refractivity contribution is -0.238. The number of amides is 1. The molecule has 0 spiro atoms. The van der Waals surface area contributed by atoms with E-state index in [1.54, 1.807) is 0 Å². The zero-order valence-corrected chi connectivity index (χ0v) is 14.7. The lowest BCUT2D eigenvalue weighted by Crippen LogP contribution is -2.80. The van der Waals surface area contributed by atoms with Crippen molar-refractivity contribution >= 4 is 11.9 Å². The van der Waals surface area contributed by atoms with E-state index in [2.05, 4.69) is 12.2 Å². The highest BCUT2D eigenvalue weighted by Gasteiger charge is 2.79. The Hall–Kier alpha value is -1.36. The van der Waals surface area contributed by atoms with Gasteiger partial charge in [-0.2, -0.15) is 0 Å². The zero-order valence-electron chi connectivity index (χ0n) is 14.7. The number of aliphatic hydroxyl groups is 1. The summed E-state index contributed by atoms with van der Waals surface area (Å²) in [6.45, 7) is 3.96. The second-order valence-electron chi connectivity index (χ2n) is 7.66. The second-order valence-corrected chi connectivity index (χ2v) is 7.66. The van der Waals surface area contributed by atoms with Gasteiger partial charge in [0.25, 0.3) is 0 Å². The zero-order chi connectivity index (χ0) is 17.4. The van der Waals surface area contributed by atoms with E-state index >= 15 is 0 Å². The molecule has 2 saturated heterocycles. The van der Waals surface area contributed by atoms with E-state index in [4.69, 9.17) is 4.74 Å². The van der Waals surface area contributed by atoms with Crippen LogP contribution in [0.4, 0.5) is 0 Å². The van der Waals surface area contributed by atoms with Gasteiger partial charge in [-0.15, -0.1) is 0 Å². The molecule has 5 nitrogen and oxygen atoms in total. The van der Waals surface area contributed by atoms with Crippen LogP contribution in [0.15, 0.2) is 12.2 Å². The minimum absolute atomic E-state index is 0.106. The van der Waals surface area contributed by atoms with Crippen molar-refractivity contribution in [1.29, 1.82) is 0 Å². The Morgan fingerprint density at radius 3 is 2.79 bits per heavy atom. The smallest absolute Gasteiger partial charge is 0.339 e. The van der Waals surface area contributed by atoms with Crippen LogP contribution in [0.3, 0.4) is 0 Å². The fourth-order valence-electron chi connectivity index (χ4n) is 4.66. The molecule has 1 aliphatic carbocycles. The molecular weight excluding hydrogens is 306 g/mol. The first-order valence-corrected chi connectivity index (χ1v) is 9.37. The van der Waals surface area contributed by atoms with Crippen LogP contribution in [0, 0.1) is 11.8 Å². The van der Waals surface area contributed by atoms with Crippen molar-refractivity contribution in [1.82, 2.24) is 5.32 Å². The molecule has 0 saturated carbocycles. The molecule has 0 unspecified atom stereocenters. The third-order valence-electron chi connectivity index (χ3n) is 6.20. The van der Waals surface area contributed by atoms with Gasteiger partial charge in [-0.05, 0) is 32.6 Å². The van der Waals surface area contributed by atoms with Crippen LogP contribution >= 0.6 is 0 Å². The molecule has 1 amide bonds. The maximum absolute atomic E-state index is 12.6. The molecule has 2 N–H and O–H groups in total. The first-order valence-electron chi connectivity index (χ1n) is 9.37. The molecule has 5 atom stereocenters. The summed E-state index contributed by atoms with van der Waals surface area (Å²) >= 11 is 0. The van der Waals surface area contributed by atoms with Crippen LogP contribution in [0.2, 0.25) is 0 Å². The molecule has 2 heterocycles. The maximum atomic E-state index is 12.6. The van der Waals surface area contributed by atoms with Gasteiger partial charge in [0.1, 0.15) is 0 Å². The highest BCUT2D eigenvalue weighted by atomic mass is 16.6. The highest BCUT2D eigenvalue weighted by molar-refractivity contribution is 6.01. The Labute approximate surface area is 143 Å². The van der Waals surface area contributed by atoms with E-state index < -0.39 is 23.2 Å². The Bertz CT molecular complexity index is 545. The molecule has 3 aliphatic rings. The van der Waals surface area contributed by atoms with Gasteiger partial charge < -0.3 is 15.2 Å². The van der Waals surface area contributed by atoms with Crippen LogP contribution in [-0.4, -0.2) is 34.2 Å². The summed E-state index contributed by atoms with van der Waals surface area (Å²) in [7, 11) is 0. The number of fused-ring (bicyclic) bond motifs is 1. The van der Waals surface area contributed by atoms with Gasteiger partial charge in [-0.3, -0.25) is 4.79 Å². The molecule has 5 heteroatoms. The molecule has 2 aliphatic heterocycles. The molecule has 24 heavy (non-hydrogen) atoms. The maximum Gasteiger partial charge on any atom is 0.339 e. The van der Waals surface area contributed by atoms with E-state index in [0.29, 0.717) is 6.42 Å². The molecule has 0 bridgehead atoms. The molecule has 3 rings (SSSR count).